The minimum atomic E-state index is -4.62. The van der Waals surface area contributed by atoms with Gasteiger partial charge >= 0.3 is 12.3 Å². The highest BCUT2D eigenvalue weighted by atomic mass is 35.5. The molecule has 6 rings (SSSR count). The Bertz CT molecular complexity index is 1940. The molecule has 5 atom stereocenters. The molecule has 0 aromatic heterocycles. The maximum absolute atomic E-state index is 14.5. The summed E-state index contributed by atoms with van der Waals surface area (Å²) in [5.74, 6) is -2.11. The first kappa shape index (κ1) is 39.6. The lowest BCUT2D eigenvalue weighted by atomic mass is 9.85. The number of anilines is 1. The third kappa shape index (κ3) is 8.59. The van der Waals surface area contributed by atoms with Crippen molar-refractivity contribution in [1.29, 1.82) is 0 Å². The molecule has 294 valence electrons. The lowest BCUT2D eigenvalue weighted by Crippen LogP contribution is -2.56. The van der Waals surface area contributed by atoms with Crippen LogP contribution in [0.4, 0.5) is 23.7 Å². The van der Waals surface area contributed by atoms with Crippen LogP contribution in [0.25, 0.3) is 0 Å². The average molecular weight is 796 g/mol. The van der Waals surface area contributed by atoms with Crippen LogP contribution in [0.5, 0.6) is 0 Å². The third-order valence-electron chi connectivity index (χ3n) is 10.7. The largest absolute Gasteiger partial charge is 0.444 e. The Morgan fingerprint density at radius 2 is 1.76 bits per heavy atom. The van der Waals surface area contributed by atoms with Crippen LogP contribution in [0, 0.1) is 11.3 Å². The van der Waals surface area contributed by atoms with Crippen LogP contribution in [0.1, 0.15) is 82.9 Å². The Hall–Kier alpha value is -4.05. The molecule has 1 saturated heterocycles. The summed E-state index contributed by atoms with van der Waals surface area (Å²) in [5.41, 5.74) is -1.14. The standard InChI is InChI=1S/C37H45ClF3N5O7S/c1-5-22-16-36(22,17-30(47)44-54(51,52)26-12-13-26)43-32(48)29-15-25(53-34(50)45-18-21-8-6-11-28(38)27(21)20-45)19-46(29)33(49)31(35(2,3)4)42-24-10-7-9-23(14-24)37(39,40)41/h6-11,14,22,25-26,29,31,42H,5,12-13,15-20H2,1-4H3,(H,43,48)(H,44,47). The van der Waals surface area contributed by atoms with Crippen molar-refractivity contribution in [2.45, 2.75) is 114 Å². The van der Waals surface area contributed by atoms with Crippen molar-refractivity contribution in [2.75, 3.05) is 11.9 Å². The van der Waals surface area contributed by atoms with Crippen LogP contribution in [-0.2, 0) is 48.4 Å². The number of rotatable bonds is 11. The smallest absolute Gasteiger partial charge is 0.416 e. The summed E-state index contributed by atoms with van der Waals surface area (Å²) in [7, 11) is -3.82. The fourth-order valence-electron chi connectivity index (χ4n) is 7.47. The Morgan fingerprint density at radius 1 is 1.06 bits per heavy atom. The molecule has 17 heteroatoms. The molecule has 2 aliphatic heterocycles. The molecule has 2 aromatic rings. The normalized spacial score (nSPS) is 24.4. The molecule has 3 fully saturated rings. The maximum Gasteiger partial charge on any atom is 0.416 e. The molecule has 54 heavy (non-hydrogen) atoms. The summed E-state index contributed by atoms with van der Waals surface area (Å²) < 4.78 is 73.7. The number of likely N-dealkylation sites (tertiary alicyclic amines) is 1. The second-order valence-electron chi connectivity index (χ2n) is 15.9. The molecule has 2 aromatic carbocycles. The fraction of sp³-hybridized carbons (Fsp3) is 0.568. The fourth-order valence-corrected chi connectivity index (χ4v) is 9.04. The highest BCUT2D eigenvalue weighted by Gasteiger charge is 2.57. The molecule has 5 unspecified atom stereocenters. The van der Waals surface area contributed by atoms with Crippen LogP contribution < -0.4 is 15.4 Å². The van der Waals surface area contributed by atoms with Crippen molar-refractivity contribution in [3.63, 3.8) is 0 Å². The van der Waals surface area contributed by atoms with Gasteiger partial charge in [-0.05, 0) is 66.0 Å². The number of carbonyl (C=O) groups excluding carboxylic acids is 4. The SMILES string of the molecule is CCC1CC1(CC(=O)NS(=O)(=O)C1CC1)NC(=O)C1CC(OC(=O)N2Cc3cccc(Cl)c3C2)CN1C(=O)C(Nc1cccc(C(F)(F)F)c1)C(C)(C)C. The minimum absolute atomic E-state index is 0.0448. The van der Waals surface area contributed by atoms with Gasteiger partial charge in [-0.25, -0.2) is 13.2 Å². The number of nitrogens with one attached hydrogen (secondary N) is 3. The number of carbonyl (C=O) groups is 4. The first-order chi connectivity index (χ1) is 25.2. The topological polar surface area (TPSA) is 154 Å². The van der Waals surface area contributed by atoms with Crippen molar-refractivity contribution in [3.8, 4) is 0 Å². The summed E-state index contributed by atoms with van der Waals surface area (Å²) in [5, 5.41) is 5.81. The minimum Gasteiger partial charge on any atom is -0.444 e. The zero-order chi connectivity index (χ0) is 39.4. The number of ether oxygens (including phenoxy) is 1. The molecule has 3 N–H and O–H groups in total. The van der Waals surface area contributed by atoms with Gasteiger partial charge in [0.05, 0.1) is 35.9 Å². The summed E-state index contributed by atoms with van der Waals surface area (Å²) in [6.45, 7) is 7.35. The van der Waals surface area contributed by atoms with Crippen LogP contribution in [0.15, 0.2) is 42.5 Å². The van der Waals surface area contributed by atoms with E-state index in [4.69, 9.17) is 16.3 Å². The zero-order valence-corrected chi connectivity index (χ0v) is 32.0. The van der Waals surface area contributed by atoms with Gasteiger partial charge in [-0.15, -0.1) is 0 Å². The highest BCUT2D eigenvalue weighted by Crippen LogP contribution is 2.49. The number of hydrogen-bond donors (Lipinski definition) is 3. The molecule has 12 nitrogen and oxygen atoms in total. The molecule has 2 saturated carbocycles. The molecule has 2 heterocycles. The van der Waals surface area contributed by atoms with E-state index in [1.54, 1.807) is 32.9 Å². The number of nitrogens with zero attached hydrogens (tertiary/aromatic N) is 2. The van der Waals surface area contributed by atoms with E-state index in [1.165, 1.54) is 21.9 Å². The number of fused-ring (bicyclic) bond motifs is 1. The zero-order valence-electron chi connectivity index (χ0n) is 30.5. The van der Waals surface area contributed by atoms with E-state index >= 15 is 0 Å². The predicted octanol–water partition coefficient (Wildman–Crippen LogP) is 5.59. The first-order valence-corrected chi connectivity index (χ1v) is 20.0. The van der Waals surface area contributed by atoms with Crippen molar-refractivity contribution in [1.82, 2.24) is 19.8 Å². The van der Waals surface area contributed by atoms with Crippen molar-refractivity contribution in [3.05, 3.63) is 64.2 Å². The van der Waals surface area contributed by atoms with E-state index in [9.17, 15) is 40.8 Å². The van der Waals surface area contributed by atoms with Gasteiger partial charge in [0.15, 0.2) is 0 Å². The number of benzene rings is 2. The van der Waals surface area contributed by atoms with Gasteiger partial charge in [-0.2, -0.15) is 13.2 Å². The predicted molar refractivity (Wildman–Crippen MR) is 193 cm³/mol. The van der Waals surface area contributed by atoms with Crippen molar-refractivity contribution < 1.29 is 45.5 Å². The van der Waals surface area contributed by atoms with Gasteiger partial charge in [0.25, 0.3) is 0 Å². The Balaban J connectivity index is 1.24. The van der Waals surface area contributed by atoms with Crippen LogP contribution in [0.2, 0.25) is 5.02 Å². The lowest BCUT2D eigenvalue weighted by molar-refractivity contribution is -0.141. The summed E-state index contributed by atoms with van der Waals surface area (Å²) in [6, 6.07) is 7.51. The lowest BCUT2D eigenvalue weighted by Gasteiger charge is -2.36. The molecule has 2 aliphatic carbocycles. The van der Waals surface area contributed by atoms with E-state index in [1.807, 2.05) is 13.0 Å². The summed E-state index contributed by atoms with van der Waals surface area (Å²) in [6.07, 6.45) is -4.68. The van der Waals surface area contributed by atoms with Crippen LogP contribution in [-0.4, -0.2) is 77.6 Å². The van der Waals surface area contributed by atoms with Gasteiger partial charge in [-0.1, -0.05) is 63.9 Å². The van der Waals surface area contributed by atoms with E-state index in [0.29, 0.717) is 30.7 Å². The van der Waals surface area contributed by atoms with Gasteiger partial charge in [0, 0.05) is 23.7 Å². The molecule has 0 bridgehead atoms. The molecular weight excluding hydrogens is 751 g/mol. The van der Waals surface area contributed by atoms with Gasteiger partial charge < -0.3 is 20.3 Å². The van der Waals surface area contributed by atoms with E-state index in [-0.39, 0.29) is 44.1 Å². The van der Waals surface area contributed by atoms with Gasteiger partial charge in [-0.3, -0.25) is 24.0 Å². The molecule has 4 amide bonds. The monoisotopic (exact) mass is 795 g/mol. The van der Waals surface area contributed by atoms with Gasteiger partial charge in [0.1, 0.15) is 18.2 Å². The van der Waals surface area contributed by atoms with Crippen molar-refractivity contribution >= 4 is 51.1 Å². The first-order valence-electron chi connectivity index (χ1n) is 18.0. The summed E-state index contributed by atoms with van der Waals surface area (Å²) in [4.78, 5) is 58.0. The van der Waals surface area contributed by atoms with E-state index < -0.39 is 80.0 Å². The second-order valence-corrected chi connectivity index (χ2v) is 18.3. The second kappa shape index (κ2) is 14.5. The third-order valence-corrected chi connectivity index (χ3v) is 12.9. The van der Waals surface area contributed by atoms with Crippen LogP contribution in [0.3, 0.4) is 0 Å². The van der Waals surface area contributed by atoms with E-state index in [2.05, 4.69) is 15.4 Å². The Morgan fingerprint density at radius 3 is 2.37 bits per heavy atom. The number of sulfonamides is 1. The number of alkyl halides is 3. The average Bonchev–Trinajstić information content (AvgIpc) is 3.96. The molecular formula is C37H45ClF3N5O7S. The van der Waals surface area contributed by atoms with Crippen LogP contribution >= 0.6 is 11.6 Å². The molecule has 4 aliphatic rings. The number of hydrogen-bond acceptors (Lipinski definition) is 8. The van der Waals surface area contributed by atoms with Crippen molar-refractivity contribution in [2.24, 2.45) is 11.3 Å². The number of amides is 4. The Labute approximate surface area is 317 Å². The van der Waals surface area contributed by atoms with E-state index in [0.717, 1.165) is 23.3 Å². The Kier molecular flexibility index (Phi) is 10.7. The maximum atomic E-state index is 14.5. The molecule has 0 radical (unpaired) electrons. The van der Waals surface area contributed by atoms with Gasteiger partial charge in [0.2, 0.25) is 27.7 Å². The quantitative estimate of drug-likeness (QED) is 0.266. The highest BCUT2D eigenvalue weighted by molar-refractivity contribution is 7.90. The molecule has 0 spiro atoms. The number of halogens is 4. The summed E-state index contributed by atoms with van der Waals surface area (Å²) >= 11 is 6.35.